The Hall–Kier alpha value is -4.16. The molecule has 1 atom stereocenters. The van der Waals surface area contributed by atoms with E-state index in [1.807, 2.05) is 6.07 Å². The number of hydrogen-bond acceptors (Lipinski definition) is 8. The molecule has 208 valence electrons. The summed E-state index contributed by atoms with van der Waals surface area (Å²) in [5.41, 5.74) is 9.39. The summed E-state index contributed by atoms with van der Waals surface area (Å²) >= 11 is 0. The lowest BCUT2D eigenvalue weighted by atomic mass is 9.99. The van der Waals surface area contributed by atoms with Crippen LogP contribution in [0.5, 0.6) is 11.5 Å². The van der Waals surface area contributed by atoms with Gasteiger partial charge in [-0.2, -0.15) is 0 Å². The third-order valence-corrected chi connectivity index (χ3v) is 6.02. The second kappa shape index (κ2) is 14.1. The first-order valence-corrected chi connectivity index (χ1v) is 12.2. The highest BCUT2D eigenvalue weighted by molar-refractivity contribution is 5.99. The minimum absolute atomic E-state index is 0.0185. The van der Waals surface area contributed by atoms with Gasteiger partial charge in [-0.25, -0.2) is 15.3 Å². The van der Waals surface area contributed by atoms with Gasteiger partial charge in [0.2, 0.25) is 0 Å². The molecule has 1 aliphatic rings. The Morgan fingerprint density at radius 3 is 2.72 bits per heavy atom. The van der Waals surface area contributed by atoms with Gasteiger partial charge in [0.05, 0.1) is 19.0 Å². The quantitative estimate of drug-likeness (QED) is 0.129. The van der Waals surface area contributed by atoms with Crippen molar-refractivity contribution >= 4 is 17.8 Å². The highest BCUT2D eigenvalue weighted by Gasteiger charge is 2.26. The number of benzene rings is 2. The summed E-state index contributed by atoms with van der Waals surface area (Å²) in [6, 6.07) is 10.7. The summed E-state index contributed by atoms with van der Waals surface area (Å²) in [5, 5.41) is 9.29. The van der Waals surface area contributed by atoms with Crippen molar-refractivity contribution in [3.8, 4) is 22.8 Å². The topological polar surface area (TPSA) is 145 Å². The summed E-state index contributed by atoms with van der Waals surface area (Å²) in [6.07, 6.45) is 2.02. The zero-order valence-corrected chi connectivity index (χ0v) is 21.3. The van der Waals surface area contributed by atoms with Crippen LogP contribution in [0.2, 0.25) is 0 Å². The number of amides is 1. The SMILES string of the molecule is CC1COc2c1cc(CCNC(=O)c1cc(C=NCCCF)c(N)c(OF)c1)nc2-c1ccc(F)cc1.NO. The first-order valence-electron chi connectivity index (χ1n) is 12.2. The number of ether oxygens (including phenoxy) is 1. The molecule has 1 aliphatic heterocycles. The molecule has 1 aromatic heterocycles. The lowest BCUT2D eigenvalue weighted by Crippen LogP contribution is -2.26. The number of aliphatic imine (C=N–C) groups is 1. The van der Waals surface area contributed by atoms with E-state index < -0.39 is 12.6 Å². The predicted molar refractivity (Wildman–Crippen MR) is 141 cm³/mol. The average Bonchev–Trinajstić information content (AvgIpc) is 3.33. The van der Waals surface area contributed by atoms with Crippen LogP contribution < -0.4 is 26.6 Å². The van der Waals surface area contributed by atoms with Crippen molar-refractivity contribution < 1.29 is 33.0 Å². The van der Waals surface area contributed by atoms with E-state index in [2.05, 4.69) is 28.1 Å². The Morgan fingerprint density at radius 1 is 1.28 bits per heavy atom. The van der Waals surface area contributed by atoms with Crippen molar-refractivity contribution in [3.05, 3.63) is 70.7 Å². The smallest absolute Gasteiger partial charge is 0.251 e. The second-order valence-corrected chi connectivity index (χ2v) is 8.74. The maximum atomic E-state index is 13.4. The highest BCUT2D eigenvalue weighted by Crippen LogP contribution is 2.41. The normalized spacial score (nSPS) is 13.8. The van der Waals surface area contributed by atoms with Crippen LogP contribution in [-0.2, 0) is 6.42 Å². The van der Waals surface area contributed by atoms with Gasteiger partial charge in [0, 0.05) is 64.1 Å². The Bertz CT molecular complexity index is 1310. The van der Waals surface area contributed by atoms with Crippen LogP contribution in [0.25, 0.3) is 11.3 Å². The molecule has 2 heterocycles. The molecule has 12 heteroatoms. The fourth-order valence-electron chi connectivity index (χ4n) is 4.03. The van der Waals surface area contributed by atoms with E-state index >= 15 is 0 Å². The number of nitrogen functional groups attached to an aromatic ring is 1. The number of alkyl halides is 1. The molecule has 3 aromatic rings. The highest BCUT2D eigenvalue weighted by atomic mass is 19.3. The molecular weight excluding hydrogens is 515 g/mol. The monoisotopic (exact) mass is 545 g/mol. The molecule has 4 rings (SSSR count). The van der Waals surface area contributed by atoms with Crippen LogP contribution in [-0.4, -0.2) is 48.7 Å². The largest absolute Gasteiger partial charge is 0.490 e. The van der Waals surface area contributed by atoms with Gasteiger partial charge in [0.15, 0.2) is 5.75 Å². The number of fused-ring (bicyclic) bond motifs is 1. The Kier molecular flexibility index (Phi) is 10.6. The van der Waals surface area contributed by atoms with Crippen LogP contribution in [0.3, 0.4) is 0 Å². The fourth-order valence-corrected chi connectivity index (χ4v) is 4.03. The number of nitrogens with one attached hydrogen (secondary N) is 1. The van der Waals surface area contributed by atoms with Crippen molar-refractivity contribution in [2.75, 3.05) is 32.1 Å². The number of halogens is 3. The van der Waals surface area contributed by atoms with E-state index in [1.54, 1.807) is 12.1 Å². The number of hydrogen-bond donors (Lipinski definition) is 4. The van der Waals surface area contributed by atoms with Crippen LogP contribution in [0.15, 0.2) is 47.5 Å². The van der Waals surface area contributed by atoms with Crippen LogP contribution >= 0.6 is 0 Å². The van der Waals surface area contributed by atoms with E-state index in [9.17, 15) is 18.1 Å². The predicted octanol–water partition coefficient (Wildman–Crippen LogP) is 4.31. The Morgan fingerprint density at radius 2 is 2.03 bits per heavy atom. The number of aromatic nitrogens is 1. The minimum atomic E-state index is -0.509. The zero-order valence-electron chi connectivity index (χ0n) is 21.3. The number of nitrogens with zero attached hydrogens (tertiary/aromatic N) is 2. The van der Waals surface area contributed by atoms with E-state index in [-0.39, 0.29) is 53.8 Å². The number of nitrogens with two attached hydrogens (primary N) is 2. The molecular formula is C27H30F3N5O4. The molecule has 6 N–H and O–H groups in total. The lowest BCUT2D eigenvalue weighted by molar-refractivity contribution is -0.00529. The molecule has 0 bridgehead atoms. The van der Waals surface area contributed by atoms with Gasteiger partial charge in [-0.15, -0.1) is 0 Å². The van der Waals surface area contributed by atoms with E-state index in [4.69, 9.17) is 20.7 Å². The van der Waals surface area contributed by atoms with Crippen molar-refractivity contribution in [2.24, 2.45) is 10.9 Å². The molecule has 0 spiro atoms. The molecule has 2 aromatic carbocycles. The molecule has 39 heavy (non-hydrogen) atoms. The first kappa shape index (κ1) is 29.4. The van der Waals surface area contributed by atoms with Crippen molar-refractivity contribution in [1.29, 1.82) is 0 Å². The van der Waals surface area contributed by atoms with Crippen LogP contribution in [0.1, 0.15) is 46.4 Å². The molecule has 0 radical (unpaired) electrons. The van der Waals surface area contributed by atoms with E-state index in [0.717, 1.165) is 16.8 Å². The van der Waals surface area contributed by atoms with E-state index in [0.29, 0.717) is 24.5 Å². The first-order chi connectivity index (χ1) is 18.9. The van der Waals surface area contributed by atoms with Gasteiger partial charge in [-0.05, 0) is 48.9 Å². The van der Waals surface area contributed by atoms with Crippen LogP contribution in [0.4, 0.5) is 19.0 Å². The van der Waals surface area contributed by atoms with Gasteiger partial charge in [-0.3, -0.25) is 19.1 Å². The van der Waals surface area contributed by atoms with Gasteiger partial charge < -0.3 is 21.0 Å². The number of carbonyl (C=O) groups excluding carboxylic acids is 1. The van der Waals surface area contributed by atoms with Gasteiger partial charge in [0.1, 0.15) is 17.3 Å². The maximum absolute atomic E-state index is 13.4. The average molecular weight is 546 g/mol. The molecule has 0 saturated heterocycles. The van der Waals surface area contributed by atoms with Gasteiger partial charge in [-0.1, -0.05) is 6.92 Å². The molecule has 9 nitrogen and oxygen atoms in total. The van der Waals surface area contributed by atoms with Crippen LogP contribution in [0, 0.1) is 5.82 Å². The molecule has 1 unspecified atom stereocenters. The number of anilines is 1. The van der Waals surface area contributed by atoms with Crippen molar-refractivity contribution in [3.63, 3.8) is 0 Å². The summed E-state index contributed by atoms with van der Waals surface area (Å²) < 4.78 is 44.6. The van der Waals surface area contributed by atoms with Crippen molar-refractivity contribution in [1.82, 2.24) is 10.3 Å². The minimum Gasteiger partial charge on any atom is -0.490 e. The third kappa shape index (κ3) is 7.24. The van der Waals surface area contributed by atoms with Crippen molar-refractivity contribution in [2.45, 2.75) is 25.7 Å². The Balaban J connectivity index is 0.00000205. The zero-order chi connectivity index (χ0) is 28.4. The summed E-state index contributed by atoms with van der Waals surface area (Å²) in [5.74, 6) is 3.25. The Labute approximate surface area is 223 Å². The molecule has 1 amide bonds. The second-order valence-electron chi connectivity index (χ2n) is 8.74. The number of carbonyl (C=O) groups is 1. The fraction of sp³-hybridized carbons (Fsp3) is 0.296. The lowest BCUT2D eigenvalue weighted by Gasteiger charge is -2.12. The summed E-state index contributed by atoms with van der Waals surface area (Å²) in [4.78, 5) is 25.4. The van der Waals surface area contributed by atoms with Gasteiger partial charge in [0.25, 0.3) is 5.91 Å². The number of pyridine rings is 1. The molecule has 0 fully saturated rings. The number of rotatable bonds is 10. The maximum Gasteiger partial charge on any atom is 0.251 e. The summed E-state index contributed by atoms with van der Waals surface area (Å²) in [6.45, 7) is 2.55. The standard InChI is InChI=1S/C27H27F3N4O3.H3NO/c1-16-15-36-26-22(16)13-21(34-25(26)17-3-5-20(29)6-4-17)7-10-33-27(35)18-11-19(14-32-9-2-8-28)24(31)23(12-18)37-30;1-2/h3-6,11-14,16H,2,7-10,15,31H2,1H3,(H,33,35);2H,1H2. The third-order valence-electron chi connectivity index (χ3n) is 6.02. The van der Waals surface area contributed by atoms with Gasteiger partial charge >= 0.3 is 0 Å². The van der Waals surface area contributed by atoms with E-state index in [1.165, 1.54) is 30.5 Å². The molecule has 0 aliphatic carbocycles. The molecule has 0 saturated carbocycles. The summed E-state index contributed by atoms with van der Waals surface area (Å²) in [7, 11) is 0.